The number of hydrogen-bond donors (Lipinski definition) is 4. The maximum Gasteiger partial charge on any atom is -0.00257 e. The van der Waals surface area contributed by atoms with Crippen molar-refractivity contribution in [2.24, 2.45) is 40.2 Å². The Morgan fingerprint density at radius 2 is 1.42 bits per heavy atom. The molecule has 0 aromatic rings. The first-order chi connectivity index (χ1) is 8.82. The van der Waals surface area contributed by atoms with Gasteiger partial charge >= 0.3 is 0 Å². The predicted molar refractivity (Wildman–Crippen MR) is 86.8 cm³/mol. The first-order valence-electron chi connectivity index (χ1n) is 7.63. The summed E-state index contributed by atoms with van der Waals surface area (Å²) >= 11 is 0. The van der Waals surface area contributed by atoms with Gasteiger partial charge in [0, 0.05) is 0 Å². The standard InChI is InChI=1S/C9H22N2.C6H16N2/c1-8(4-5-10)6-9(2,3)7-11;1-6(5-8)3-2-4-7/h8H,4-7,10-11H2,1-3H3;6H,2-5,7-8H2,1H3. The molecule has 0 fully saturated rings. The quantitative estimate of drug-likeness (QED) is 0.513. The summed E-state index contributed by atoms with van der Waals surface area (Å²) in [6.07, 6.45) is 4.58. The molecule has 0 aliphatic heterocycles. The molecule has 2 atom stereocenters. The van der Waals surface area contributed by atoms with Crippen molar-refractivity contribution in [3.63, 3.8) is 0 Å². The summed E-state index contributed by atoms with van der Waals surface area (Å²) in [5.74, 6) is 1.36. The molecule has 0 bridgehead atoms. The zero-order chi connectivity index (χ0) is 15.3. The summed E-state index contributed by atoms with van der Waals surface area (Å²) in [5, 5.41) is 0. The van der Waals surface area contributed by atoms with E-state index in [-0.39, 0.29) is 5.41 Å². The number of rotatable bonds is 9. The van der Waals surface area contributed by atoms with E-state index >= 15 is 0 Å². The van der Waals surface area contributed by atoms with Crippen LogP contribution in [0.15, 0.2) is 0 Å². The van der Waals surface area contributed by atoms with Crippen LogP contribution in [0.1, 0.15) is 53.4 Å². The lowest BCUT2D eigenvalue weighted by atomic mass is 9.82. The van der Waals surface area contributed by atoms with Crippen LogP contribution >= 0.6 is 0 Å². The van der Waals surface area contributed by atoms with Crippen molar-refractivity contribution < 1.29 is 0 Å². The molecule has 8 N–H and O–H groups in total. The minimum absolute atomic E-state index is 0.286. The third-order valence-corrected chi connectivity index (χ3v) is 3.42. The van der Waals surface area contributed by atoms with E-state index in [0.29, 0.717) is 11.8 Å². The van der Waals surface area contributed by atoms with Gasteiger partial charge in [-0.2, -0.15) is 0 Å². The highest BCUT2D eigenvalue weighted by Gasteiger charge is 2.18. The predicted octanol–water partition coefficient (Wildman–Crippen LogP) is 1.67. The summed E-state index contributed by atoms with van der Waals surface area (Å²) in [6.45, 7) is 12.0. The SMILES string of the molecule is CC(CCN)CC(C)(C)CN.CC(CN)CCCN. The topological polar surface area (TPSA) is 104 Å². The highest BCUT2D eigenvalue weighted by atomic mass is 14.6. The largest absolute Gasteiger partial charge is 0.330 e. The fourth-order valence-electron chi connectivity index (χ4n) is 2.00. The molecule has 19 heavy (non-hydrogen) atoms. The zero-order valence-electron chi connectivity index (χ0n) is 13.6. The second-order valence-corrected chi connectivity index (χ2v) is 6.53. The molecule has 2 unspecified atom stereocenters. The summed E-state index contributed by atoms with van der Waals surface area (Å²) in [5.41, 5.74) is 22.0. The Balaban J connectivity index is 0. The Bertz CT molecular complexity index is 183. The van der Waals surface area contributed by atoms with Crippen LogP contribution in [0.2, 0.25) is 0 Å². The smallest absolute Gasteiger partial charge is 0.00257 e. The third-order valence-electron chi connectivity index (χ3n) is 3.42. The van der Waals surface area contributed by atoms with Crippen LogP contribution in [0.5, 0.6) is 0 Å². The van der Waals surface area contributed by atoms with E-state index in [1.165, 1.54) is 12.8 Å². The van der Waals surface area contributed by atoms with Crippen molar-refractivity contribution in [3.05, 3.63) is 0 Å². The van der Waals surface area contributed by atoms with Crippen LogP contribution in [0.4, 0.5) is 0 Å². The van der Waals surface area contributed by atoms with Gasteiger partial charge in [-0.15, -0.1) is 0 Å². The number of hydrogen-bond acceptors (Lipinski definition) is 4. The highest BCUT2D eigenvalue weighted by Crippen LogP contribution is 2.24. The molecule has 4 nitrogen and oxygen atoms in total. The van der Waals surface area contributed by atoms with Gasteiger partial charge in [-0.25, -0.2) is 0 Å². The molecule has 0 aliphatic carbocycles. The van der Waals surface area contributed by atoms with Gasteiger partial charge in [0.2, 0.25) is 0 Å². The van der Waals surface area contributed by atoms with E-state index < -0.39 is 0 Å². The Labute approximate surface area is 120 Å². The minimum Gasteiger partial charge on any atom is -0.330 e. The van der Waals surface area contributed by atoms with E-state index in [1.807, 2.05) is 0 Å². The van der Waals surface area contributed by atoms with Crippen molar-refractivity contribution in [2.45, 2.75) is 53.4 Å². The average molecular weight is 274 g/mol. The van der Waals surface area contributed by atoms with Gasteiger partial charge in [0.15, 0.2) is 0 Å². The van der Waals surface area contributed by atoms with Crippen LogP contribution in [0.25, 0.3) is 0 Å². The van der Waals surface area contributed by atoms with Gasteiger partial charge in [-0.3, -0.25) is 0 Å². The van der Waals surface area contributed by atoms with Crippen LogP contribution in [0, 0.1) is 17.3 Å². The molecule has 0 spiro atoms. The number of nitrogens with two attached hydrogens (primary N) is 4. The Kier molecular flexibility index (Phi) is 14.3. The summed E-state index contributed by atoms with van der Waals surface area (Å²) in [6, 6.07) is 0. The fraction of sp³-hybridized carbons (Fsp3) is 1.00. The minimum atomic E-state index is 0.286. The fourth-order valence-corrected chi connectivity index (χ4v) is 2.00. The molecule has 0 rings (SSSR count). The van der Waals surface area contributed by atoms with Gasteiger partial charge in [0.05, 0.1) is 0 Å². The van der Waals surface area contributed by atoms with Gasteiger partial charge in [-0.1, -0.05) is 27.7 Å². The molecule has 0 amide bonds. The molecule has 0 aromatic heterocycles. The van der Waals surface area contributed by atoms with Gasteiger partial charge in [-0.05, 0) is 69.1 Å². The molecule has 0 heterocycles. The van der Waals surface area contributed by atoms with Crippen molar-refractivity contribution in [1.29, 1.82) is 0 Å². The average Bonchev–Trinajstić information content (AvgIpc) is 2.36. The molecule has 118 valence electrons. The molecular formula is C15H38N4. The maximum atomic E-state index is 5.62. The monoisotopic (exact) mass is 274 g/mol. The third kappa shape index (κ3) is 15.8. The van der Waals surface area contributed by atoms with Crippen LogP contribution in [0.3, 0.4) is 0 Å². The van der Waals surface area contributed by atoms with Gasteiger partial charge in [0.1, 0.15) is 0 Å². The molecule has 0 saturated heterocycles. The van der Waals surface area contributed by atoms with E-state index in [4.69, 9.17) is 22.9 Å². The Morgan fingerprint density at radius 1 is 0.842 bits per heavy atom. The molecule has 0 saturated carbocycles. The van der Waals surface area contributed by atoms with Crippen molar-refractivity contribution in [2.75, 3.05) is 26.2 Å². The van der Waals surface area contributed by atoms with E-state index in [1.54, 1.807) is 0 Å². The lowest BCUT2D eigenvalue weighted by Crippen LogP contribution is -2.26. The summed E-state index contributed by atoms with van der Waals surface area (Å²) in [7, 11) is 0. The zero-order valence-corrected chi connectivity index (χ0v) is 13.6. The first-order valence-corrected chi connectivity index (χ1v) is 7.63. The molecule has 0 aromatic carbocycles. The van der Waals surface area contributed by atoms with Crippen LogP contribution < -0.4 is 22.9 Å². The normalized spacial score (nSPS) is 14.5. The van der Waals surface area contributed by atoms with Crippen LogP contribution in [-0.2, 0) is 0 Å². The molecule has 0 radical (unpaired) electrons. The maximum absolute atomic E-state index is 5.62. The lowest BCUT2D eigenvalue weighted by molar-refractivity contribution is 0.279. The van der Waals surface area contributed by atoms with Gasteiger partial charge < -0.3 is 22.9 Å². The van der Waals surface area contributed by atoms with Crippen molar-refractivity contribution >= 4 is 0 Å². The van der Waals surface area contributed by atoms with Crippen molar-refractivity contribution in [3.8, 4) is 0 Å². The van der Waals surface area contributed by atoms with E-state index in [9.17, 15) is 0 Å². The van der Waals surface area contributed by atoms with E-state index in [2.05, 4.69) is 27.7 Å². The summed E-state index contributed by atoms with van der Waals surface area (Å²) < 4.78 is 0. The van der Waals surface area contributed by atoms with Crippen LogP contribution in [-0.4, -0.2) is 26.2 Å². The van der Waals surface area contributed by atoms with Gasteiger partial charge in [0.25, 0.3) is 0 Å². The molecule has 0 aliphatic rings. The molecular weight excluding hydrogens is 236 g/mol. The molecule has 4 heteroatoms. The first kappa shape index (κ1) is 21.1. The van der Waals surface area contributed by atoms with Crippen molar-refractivity contribution in [1.82, 2.24) is 0 Å². The Hall–Kier alpha value is -0.160. The summed E-state index contributed by atoms with van der Waals surface area (Å²) in [4.78, 5) is 0. The Morgan fingerprint density at radius 3 is 1.79 bits per heavy atom. The highest BCUT2D eigenvalue weighted by molar-refractivity contribution is 4.72. The lowest BCUT2D eigenvalue weighted by Gasteiger charge is -2.25. The van der Waals surface area contributed by atoms with E-state index in [0.717, 1.165) is 39.0 Å². The second kappa shape index (κ2) is 12.9. The second-order valence-electron chi connectivity index (χ2n) is 6.53.